The van der Waals surface area contributed by atoms with Crippen molar-refractivity contribution < 1.29 is 19.1 Å². The Morgan fingerprint density at radius 2 is 1.86 bits per heavy atom. The summed E-state index contributed by atoms with van der Waals surface area (Å²) in [4.78, 5) is 23.4. The van der Waals surface area contributed by atoms with Crippen molar-refractivity contribution in [2.24, 2.45) is 0 Å². The van der Waals surface area contributed by atoms with E-state index in [4.69, 9.17) is 14.3 Å². The van der Waals surface area contributed by atoms with E-state index in [0.29, 0.717) is 27.8 Å². The average Bonchev–Trinajstić information content (AvgIpc) is 2.55. The van der Waals surface area contributed by atoms with E-state index in [1.807, 2.05) is 0 Å². The molecule has 1 heterocycles. The second-order valence-corrected chi connectivity index (χ2v) is 4.72. The van der Waals surface area contributed by atoms with E-state index < -0.39 is 5.97 Å². The maximum absolute atomic E-state index is 12.5. The van der Waals surface area contributed by atoms with Gasteiger partial charge in [-0.3, -0.25) is 4.79 Å². The van der Waals surface area contributed by atoms with Gasteiger partial charge < -0.3 is 14.3 Å². The molecule has 0 amide bonds. The molecule has 0 saturated carbocycles. The van der Waals surface area contributed by atoms with Crippen molar-refractivity contribution >= 4 is 16.9 Å². The summed E-state index contributed by atoms with van der Waals surface area (Å²) in [6.45, 7) is 0. The number of carboxylic acids is 1. The summed E-state index contributed by atoms with van der Waals surface area (Å²) >= 11 is 0. The zero-order chi connectivity index (χ0) is 15.7. The lowest BCUT2D eigenvalue weighted by Gasteiger charge is -2.05. The summed E-state index contributed by atoms with van der Waals surface area (Å²) in [7, 11) is 1.54. The van der Waals surface area contributed by atoms with Crippen molar-refractivity contribution in [3.8, 4) is 16.9 Å². The third kappa shape index (κ3) is 2.33. The lowest BCUT2D eigenvalue weighted by molar-refractivity contribution is 0.0697. The van der Waals surface area contributed by atoms with Gasteiger partial charge in [0.1, 0.15) is 17.6 Å². The number of hydrogen-bond donors (Lipinski definition) is 1. The minimum atomic E-state index is -1.01. The largest absolute Gasteiger partial charge is 0.497 e. The first-order valence-corrected chi connectivity index (χ1v) is 6.53. The van der Waals surface area contributed by atoms with Crippen LogP contribution in [-0.4, -0.2) is 18.2 Å². The lowest BCUT2D eigenvalue weighted by atomic mass is 10.0. The van der Waals surface area contributed by atoms with Crippen molar-refractivity contribution in [2.75, 3.05) is 7.11 Å². The minimum Gasteiger partial charge on any atom is -0.497 e. The Morgan fingerprint density at radius 3 is 2.50 bits per heavy atom. The van der Waals surface area contributed by atoms with Gasteiger partial charge in [-0.1, -0.05) is 12.1 Å². The second-order valence-electron chi connectivity index (χ2n) is 4.72. The highest BCUT2D eigenvalue weighted by Crippen LogP contribution is 2.23. The van der Waals surface area contributed by atoms with E-state index in [9.17, 15) is 9.59 Å². The summed E-state index contributed by atoms with van der Waals surface area (Å²) < 4.78 is 10.6. The fourth-order valence-corrected chi connectivity index (χ4v) is 2.23. The summed E-state index contributed by atoms with van der Waals surface area (Å²) in [5, 5.41) is 9.34. The molecule has 1 aromatic heterocycles. The fraction of sp³-hybridized carbons (Fsp3) is 0.0588. The molecule has 2 aromatic carbocycles. The molecule has 0 spiro atoms. The minimum absolute atomic E-state index is 0.165. The Labute approximate surface area is 125 Å². The molecule has 5 nitrogen and oxygen atoms in total. The Hall–Kier alpha value is -3.08. The zero-order valence-electron chi connectivity index (χ0n) is 11.7. The summed E-state index contributed by atoms with van der Waals surface area (Å²) in [5.41, 5.74) is 1.42. The second kappa shape index (κ2) is 5.37. The molecule has 0 saturated heterocycles. The Kier molecular flexibility index (Phi) is 3.39. The molecule has 0 bridgehead atoms. The number of carbonyl (C=O) groups is 1. The van der Waals surface area contributed by atoms with Gasteiger partial charge in [0.2, 0.25) is 0 Å². The molecule has 5 heteroatoms. The van der Waals surface area contributed by atoms with Crippen LogP contribution in [0.1, 0.15) is 10.4 Å². The quantitative estimate of drug-likeness (QED) is 0.803. The third-order valence-corrected chi connectivity index (χ3v) is 3.42. The SMILES string of the molecule is COc1ccc2c(=O)c(-c3ccc(C(=O)O)cc3)coc2c1. The van der Waals surface area contributed by atoms with E-state index in [1.165, 1.54) is 25.5 Å². The Balaban J connectivity index is 2.13. The average molecular weight is 296 g/mol. The molecule has 1 N–H and O–H groups in total. The molecular formula is C17H12O5. The summed E-state index contributed by atoms with van der Waals surface area (Å²) in [6, 6.07) is 11.1. The van der Waals surface area contributed by atoms with Crippen LogP contribution in [-0.2, 0) is 0 Å². The first-order chi connectivity index (χ1) is 10.6. The summed E-state index contributed by atoms with van der Waals surface area (Å²) in [5.74, 6) is -0.404. The molecule has 0 radical (unpaired) electrons. The van der Waals surface area contributed by atoms with Crippen molar-refractivity contribution in [1.29, 1.82) is 0 Å². The van der Waals surface area contributed by atoms with Crippen molar-refractivity contribution in [3.05, 3.63) is 64.5 Å². The van der Waals surface area contributed by atoms with Crippen molar-refractivity contribution in [3.63, 3.8) is 0 Å². The standard InChI is InChI=1S/C17H12O5/c1-21-12-6-7-13-15(8-12)22-9-14(16(13)18)10-2-4-11(5-3-10)17(19)20/h2-9H,1H3,(H,19,20). The number of methoxy groups -OCH3 is 1. The summed E-state index contributed by atoms with van der Waals surface area (Å²) in [6.07, 6.45) is 1.37. The van der Waals surface area contributed by atoms with Gasteiger partial charge in [0.15, 0.2) is 5.43 Å². The number of fused-ring (bicyclic) bond motifs is 1. The number of hydrogen-bond acceptors (Lipinski definition) is 4. The van der Waals surface area contributed by atoms with Crippen molar-refractivity contribution in [1.82, 2.24) is 0 Å². The van der Waals surface area contributed by atoms with E-state index in [0.717, 1.165) is 0 Å². The van der Waals surface area contributed by atoms with Gasteiger partial charge in [-0.05, 0) is 29.8 Å². The molecule has 0 aliphatic carbocycles. The van der Waals surface area contributed by atoms with Crippen LogP contribution in [0.3, 0.4) is 0 Å². The smallest absolute Gasteiger partial charge is 0.335 e. The predicted octanol–water partition coefficient (Wildman–Crippen LogP) is 3.17. The van der Waals surface area contributed by atoms with Crippen molar-refractivity contribution in [2.45, 2.75) is 0 Å². The highest BCUT2D eigenvalue weighted by Gasteiger charge is 2.11. The number of carboxylic acid groups (broad SMARTS) is 1. The fourth-order valence-electron chi connectivity index (χ4n) is 2.23. The first-order valence-electron chi connectivity index (χ1n) is 6.53. The molecule has 0 unspecified atom stereocenters. The van der Waals surface area contributed by atoms with E-state index >= 15 is 0 Å². The molecule has 0 aliphatic rings. The highest BCUT2D eigenvalue weighted by molar-refractivity contribution is 5.88. The number of ether oxygens (including phenoxy) is 1. The van der Waals surface area contributed by atoms with Gasteiger partial charge in [-0.25, -0.2) is 4.79 Å². The van der Waals surface area contributed by atoms with Gasteiger partial charge in [0, 0.05) is 6.07 Å². The van der Waals surface area contributed by atoms with E-state index in [2.05, 4.69) is 0 Å². The topological polar surface area (TPSA) is 76.7 Å². The molecular weight excluding hydrogens is 284 g/mol. The molecule has 3 aromatic rings. The van der Waals surface area contributed by atoms with Gasteiger partial charge in [0.25, 0.3) is 0 Å². The zero-order valence-corrected chi connectivity index (χ0v) is 11.7. The van der Waals surface area contributed by atoms with Crippen LogP contribution < -0.4 is 10.2 Å². The van der Waals surface area contributed by atoms with E-state index in [1.54, 1.807) is 30.3 Å². The number of benzene rings is 2. The van der Waals surface area contributed by atoms with Gasteiger partial charge in [0.05, 0.1) is 23.6 Å². The Bertz CT molecular complexity index is 906. The molecule has 3 rings (SSSR count). The first kappa shape index (κ1) is 13.9. The van der Waals surface area contributed by atoms with Crippen LogP contribution in [0.5, 0.6) is 5.75 Å². The van der Waals surface area contributed by atoms with Crippen LogP contribution in [0, 0.1) is 0 Å². The van der Waals surface area contributed by atoms with Crippen LogP contribution in [0.2, 0.25) is 0 Å². The molecule has 110 valence electrons. The number of aromatic carboxylic acids is 1. The maximum atomic E-state index is 12.5. The van der Waals surface area contributed by atoms with Crippen LogP contribution >= 0.6 is 0 Å². The lowest BCUT2D eigenvalue weighted by Crippen LogP contribution is -2.05. The van der Waals surface area contributed by atoms with Gasteiger partial charge in [-0.2, -0.15) is 0 Å². The molecule has 0 atom stereocenters. The molecule has 0 fully saturated rings. The molecule has 0 aliphatic heterocycles. The Morgan fingerprint density at radius 1 is 1.14 bits per heavy atom. The maximum Gasteiger partial charge on any atom is 0.335 e. The number of rotatable bonds is 3. The van der Waals surface area contributed by atoms with E-state index in [-0.39, 0.29) is 11.0 Å². The monoisotopic (exact) mass is 296 g/mol. The van der Waals surface area contributed by atoms with Gasteiger partial charge in [-0.15, -0.1) is 0 Å². The normalized spacial score (nSPS) is 10.6. The van der Waals surface area contributed by atoms with Gasteiger partial charge >= 0.3 is 5.97 Å². The predicted molar refractivity (Wildman–Crippen MR) is 81.4 cm³/mol. The highest BCUT2D eigenvalue weighted by atomic mass is 16.5. The van der Waals surface area contributed by atoms with Crippen LogP contribution in [0.25, 0.3) is 22.1 Å². The van der Waals surface area contributed by atoms with Crippen LogP contribution in [0.15, 0.2) is 57.9 Å². The molecule has 22 heavy (non-hydrogen) atoms. The van der Waals surface area contributed by atoms with Crippen LogP contribution in [0.4, 0.5) is 0 Å². The third-order valence-electron chi connectivity index (χ3n) is 3.42.